The summed E-state index contributed by atoms with van der Waals surface area (Å²) in [5.74, 6) is 0.122. The van der Waals surface area contributed by atoms with E-state index in [1.54, 1.807) is 11.9 Å². The molecule has 2 amide bonds. The van der Waals surface area contributed by atoms with Gasteiger partial charge in [-0.2, -0.15) is 0 Å². The molecule has 3 fully saturated rings. The van der Waals surface area contributed by atoms with Crippen LogP contribution in [0.3, 0.4) is 0 Å². The van der Waals surface area contributed by atoms with Crippen LogP contribution in [0.5, 0.6) is 0 Å². The summed E-state index contributed by atoms with van der Waals surface area (Å²) in [5.41, 5.74) is 0. The first-order chi connectivity index (χ1) is 11.6. The molecule has 3 heterocycles. The maximum atomic E-state index is 12.5. The van der Waals surface area contributed by atoms with Crippen LogP contribution in [0.2, 0.25) is 0 Å². The van der Waals surface area contributed by atoms with E-state index in [0.29, 0.717) is 13.0 Å². The molecule has 0 aromatic heterocycles. The topological polar surface area (TPSA) is 56.3 Å². The second-order valence-electron chi connectivity index (χ2n) is 7.15. The standard InChI is InChI=1S/C17H30N4O3/c1-18-14-15(13-16(18)22)17(23)21-8-6-20(7-9-21)5-4-19-3-2-11-24-12-10-19/h15H,2-14H2,1H3. The van der Waals surface area contributed by atoms with Gasteiger partial charge in [-0.1, -0.05) is 0 Å². The molecule has 0 saturated carbocycles. The SMILES string of the molecule is CN1CC(C(=O)N2CCN(CCN3CCCOCC3)CC2)CC1=O. The number of hydrogen-bond donors (Lipinski definition) is 0. The summed E-state index contributed by atoms with van der Waals surface area (Å²) in [5, 5.41) is 0. The van der Waals surface area contributed by atoms with E-state index in [4.69, 9.17) is 4.74 Å². The summed E-state index contributed by atoms with van der Waals surface area (Å²) in [4.78, 5) is 32.7. The number of likely N-dealkylation sites (tertiary alicyclic amines) is 1. The number of carbonyl (C=O) groups is 2. The van der Waals surface area contributed by atoms with Crippen molar-refractivity contribution >= 4 is 11.8 Å². The highest BCUT2D eigenvalue weighted by atomic mass is 16.5. The molecule has 0 bridgehead atoms. The van der Waals surface area contributed by atoms with Gasteiger partial charge in [0.15, 0.2) is 0 Å². The molecule has 7 heteroatoms. The normalized spacial score (nSPS) is 27.5. The fourth-order valence-corrected chi connectivity index (χ4v) is 3.78. The molecule has 1 atom stereocenters. The Hall–Kier alpha value is -1.18. The summed E-state index contributed by atoms with van der Waals surface area (Å²) in [6.07, 6.45) is 1.50. The third-order valence-electron chi connectivity index (χ3n) is 5.42. The molecule has 24 heavy (non-hydrogen) atoms. The second kappa shape index (κ2) is 8.27. The quantitative estimate of drug-likeness (QED) is 0.681. The Labute approximate surface area is 144 Å². The van der Waals surface area contributed by atoms with Crippen molar-refractivity contribution < 1.29 is 14.3 Å². The van der Waals surface area contributed by atoms with Gasteiger partial charge in [0.2, 0.25) is 11.8 Å². The molecule has 0 aromatic rings. The van der Waals surface area contributed by atoms with Gasteiger partial charge in [0.05, 0.1) is 12.5 Å². The molecule has 3 aliphatic heterocycles. The van der Waals surface area contributed by atoms with Gasteiger partial charge in [0.1, 0.15) is 0 Å². The lowest BCUT2D eigenvalue weighted by Crippen LogP contribution is -2.51. The van der Waals surface area contributed by atoms with Crippen molar-refractivity contribution in [2.45, 2.75) is 12.8 Å². The van der Waals surface area contributed by atoms with E-state index in [2.05, 4.69) is 9.80 Å². The number of carbonyl (C=O) groups excluding carboxylic acids is 2. The van der Waals surface area contributed by atoms with Crippen LogP contribution < -0.4 is 0 Å². The largest absolute Gasteiger partial charge is 0.380 e. The minimum absolute atomic E-state index is 0.0911. The summed E-state index contributed by atoms with van der Waals surface area (Å²) in [6, 6.07) is 0. The van der Waals surface area contributed by atoms with E-state index < -0.39 is 0 Å². The number of nitrogens with zero attached hydrogens (tertiary/aromatic N) is 4. The van der Waals surface area contributed by atoms with Gasteiger partial charge in [0, 0.05) is 79.0 Å². The summed E-state index contributed by atoms with van der Waals surface area (Å²) in [7, 11) is 1.78. The Bertz CT molecular complexity index is 443. The Kier molecular flexibility index (Phi) is 6.08. The molecule has 1 unspecified atom stereocenters. The molecule has 0 N–H and O–H groups in total. The Morgan fingerprint density at radius 1 is 1.04 bits per heavy atom. The van der Waals surface area contributed by atoms with Crippen molar-refractivity contribution in [1.29, 1.82) is 0 Å². The first-order valence-corrected chi connectivity index (χ1v) is 9.18. The van der Waals surface area contributed by atoms with Crippen LogP contribution in [0.1, 0.15) is 12.8 Å². The minimum Gasteiger partial charge on any atom is -0.380 e. The van der Waals surface area contributed by atoms with Gasteiger partial charge in [-0.25, -0.2) is 0 Å². The molecule has 3 rings (SSSR count). The van der Waals surface area contributed by atoms with Crippen LogP contribution in [0.15, 0.2) is 0 Å². The van der Waals surface area contributed by atoms with E-state index in [1.165, 1.54) is 0 Å². The van der Waals surface area contributed by atoms with Crippen molar-refractivity contribution in [2.75, 3.05) is 79.2 Å². The van der Waals surface area contributed by atoms with Crippen LogP contribution >= 0.6 is 0 Å². The monoisotopic (exact) mass is 338 g/mol. The molecule has 0 spiro atoms. The lowest BCUT2D eigenvalue weighted by atomic mass is 10.1. The smallest absolute Gasteiger partial charge is 0.228 e. The van der Waals surface area contributed by atoms with E-state index in [0.717, 1.165) is 72.0 Å². The highest BCUT2D eigenvalue weighted by Crippen LogP contribution is 2.19. The molecule has 0 aliphatic carbocycles. The first-order valence-electron chi connectivity index (χ1n) is 9.18. The van der Waals surface area contributed by atoms with Crippen molar-refractivity contribution in [1.82, 2.24) is 19.6 Å². The molecule has 7 nitrogen and oxygen atoms in total. The second-order valence-corrected chi connectivity index (χ2v) is 7.15. The number of rotatable bonds is 4. The van der Waals surface area contributed by atoms with E-state index in [1.807, 2.05) is 4.90 Å². The predicted molar refractivity (Wildman–Crippen MR) is 90.6 cm³/mol. The fourth-order valence-electron chi connectivity index (χ4n) is 3.78. The lowest BCUT2D eigenvalue weighted by molar-refractivity contribution is -0.137. The van der Waals surface area contributed by atoms with Crippen molar-refractivity contribution in [3.05, 3.63) is 0 Å². The van der Waals surface area contributed by atoms with Crippen molar-refractivity contribution in [3.8, 4) is 0 Å². The van der Waals surface area contributed by atoms with Crippen LogP contribution in [0, 0.1) is 5.92 Å². The number of amides is 2. The average Bonchev–Trinajstić information content (AvgIpc) is 2.80. The maximum absolute atomic E-state index is 12.5. The average molecular weight is 338 g/mol. The van der Waals surface area contributed by atoms with E-state index in [-0.39, 0.29) is 17.7 Å². The zero-order chi connectivity index (χ0) is 16.9. The van der Waals surface area contributed by atoms with Gasteiger partial charge in [-0.05, 0) is 6.42 Å². The van der Waals surface area contributed by atoms with Crippen LogP contribution in [0.25, 0.3) is 0 Å². The van der Waals surface area contributed by atoms with Crippen LogP contribution in [-0.4, -0.2) is 111 Å². The molecule has 3 saturated heterocycles. The third-order valence-corrected chi connectivity index (χ3v) is 5.42. The number of ether oxygens (including phenoxy) is 1. The van der Waals surface area contributed by atoms with Crippen molar-refractivity contribution in [3.63, 3.8) is 0 Å². The molecule has 3 aliphatic rings. The number of piperazine rings is 1. The van der Waals surface area contributed by atoms with Gasteiger partial charge in [-0.15, -0.1) is 0 Å². The van der Waals surface area contributed by atoms with E-state index >= 15 is 0 Å². The summed E-state index contributed by atoms with van der Waals surface area (Å²) in [6.45, 7) is 10.1. The molecular weight excluding hydrogens is 308 g/mol. The van der Waals surface area contributed by atoms with Crippen molar-refractivity contribution in [2.24, 2.45) is 5.92 Å². The Balaban J connectivity index is 1.37. The zero-order valence-electron chi connectivity index (χ0n) is 14.8. The Morgan fingerprint density at radius 2 is 1.75 bits per heavy atom. The van der Waals surface area contributed by atoms with Gasteiger partial charge in [-0.3, -0.25) is 19.4 Å². The van der Waals surface area contributed by atoms with Gasteiger partial charge in [0.25, 0.3) is 0 Å². The molecular formula is C17H30N4O3. The van der Waals surface area contributed by atoms with Crippen LogP contribution in [0.4, 0.5) is 0 Å². The lowest BCUT2D eigenvalue weighted by Gasteiger charge is -2.36. The molecule has 0 aromatic carbocycles. The highest BCUT2D eigenvalue weighted by Gasteiger charge is 2.35. The fraction of sp³-hybridized carbons (Fsp3) is 0.882. The van der Waals surface area contributed by atoms with Gasteiger partial charge < -0.3 is 14.5 Å². The minimum atomic E-state index is -0.133. The molecule has 136 valence electrons. The molecule has 0 radical (unpaired) electrons. The zero-order valence-corrected chi connectivity index (χ0v) is 14.8. The van der Waals surface area contributed by atoms with E-state index in [9.17, 15) is 9.59 Å². The number of hydrogen-bond acceptors (Lipinski definition) is 5. The summed E-state index contributed by atoms with van der Waals surface area (Å²) >= 11 is 0. The maximum Gasteiger partial charge on any atom is 0.228 e. The van der Waals surface area contributed by atoms with Gasteiger partial charge >= 0.3 is 0 Å². The Morgan fingerprint density at radius 3 is 2.42 bits per heavy atom. The first kappa shape index (κ1) is 17.6. The van der Waals surface area contributed by atoms with Crippen LogP contribution in [-0.2, 0) is 14.3 Å². The summed E-state index contributed by atoms with van der Waals surface area (Å²) < 4.78 is 5.49. The predicted octanol–water partition coefficient (Wildman–Crippen LogP) is -0.669. The third kappa shape index (κ3) is 4.46. The highest BCUT2D eigenvalue weighted by molar-refractivity contribution is 5.89.